The second-order valence-corrected chi connectivity index (χ2v) is 5.87. The summed E-state index contributed by atoms with van der Waals surface area (Å²) in [7, 11) is 0. The van der Waals surface area contributed by atoms with Crippen molar-refractivity contribution in [3.05, 3.63) is 34.3 Å². The summed E-state index contributed by atoms with van der Waals surface area (Å²) >= 11 is 3.40. The smallest absolute Gasteiger partial charge is 0.325 e. The Morgan fingerprint density at radius 2 is 2.05 bits per heavy atom. The highest BCUT2D eigenvalue weighted by molar-refractivity contribution is 9.10. The second-order valence-electron chi connectivity index (χ2n) is 5.01. The van der Waals surface area contributed by atoms with Gasteiger partial charge in [0.2, 0.25) is 0 Å². The maximum atomic E-state index is 12.6. The number of nitrogens with zero attached hydrogens (tertiary/aromatic N) is 1. The van der Waals surface area contributed by atoms with E-state index in [2.05, 4.69) is 21.2 Å². The van der Waals surface area contributed by atoms with Crippen LogP contribution in [0, 0.1) is 0 Å². The number of rotatable bonds is 4. The summed E-state index contributed by atoms with van der Waals surface area (Å²) < 4.78 is 0.758. The molecule has 0 aromatic heterocycles. The van der Waals surface area contributed by atoms with Crippen molar-refractivity contribution in [2.24, 2.45) is 0 Å². The number of carbonyl (C=O) groups is 2. The van der Waals surface area contributed by atoms with Gasteiger partial charge in [0.15, 0.2) is 0 Å². The Morgan fingerprint density at radius 1 is 1.40 bits per heavy atom. The molecule has 1 aromatic carbocycles. The molecule has 6 heteroatoms. The van der Waals surface area contributed by atoms with Crippen molar-refractivity contribution in [3.8, 4) is 0 Å². The van der Waals surface area contributed by atoms with Gasteiger partial charge in [0.1, 0.15) is 5.54 Å². The van der Waals surface area contributed by atoms with E-state index in [9.17, 15) is 14.7 Å². The van der Waals surface area contributed by atoms with Crippen LogP contribution in [0.5, 0.6) is 0 Å². The molecular formula is C14H17BrN2O3. The normalized spacial score (nSPS) is 23.9. The van der Waals surface area contributed by atoms with E-state index in [4.69, 9.17) is 0 Å². The molecule has 2 unspecified atom stereocenters. The lowest BCUT2D eigenvalue weighted by Gasteiger charge is -2.24. The summed E-state index contributed by atoms with van der Waals surface area (Å²) in [6.07, 6.45) is -0.214. The van der Waals surface area contributed by atoms with Gasteiger partial charge in [-0.25, -0.2) is 4.79 Å². The van der Waals surface area contributed by atoms with Gasteiger partial charge in [-0.2, -0.15) is 0 Å². The molecule has 2 N–H and O–H groups in total. The number of aliphatic hydroxyl groups excluding tert-OH is 1. The van der Waals surface area contributed by atoms with Crippen molar-refractivity contribution >= 4 is 27.9 Å². The van der Waals surface area contributed by atoms with Gasteiger partial charge in [-0.15, -0.1) is 0 Å². The van der Waals surface area contributed by atoms with Crippen molar-refractivity contribution in [1.82, 2.24) is 10.2 Å². The van der Waals surface area contributed by atoms with Gasteiger partial charge in [-0.3, -0.25) is 9.69 Å². The van der Waals surface area contributed by atoms with E-state index < -0.39 is 17.7 Å². The highest BCUT2D eigenvalue weighted by atomic mass is 79.9. The van der Waals surface area contributed by atoms with Gasteiger partial charge < -0.3 is 10.4 Å². The summed E-state index contributed by atoms with van der Waals surface area (Å²) in [4.78, 5) is 25.6. The van der Waals surface area contributed by atoms with Gasteiger partial charge in [0.05, 0.1) is 12.6 Å². The minimum atomic E-state index is -1.11. The van der Waals surface area contributed by atoms with Crippen LogP contribution in [0.15, 0.2) is 28.7 Å². The molecule has 0 radical (unpaired) electrons. The molecule has 20 heavy (non-hydrogen) atoms. The number of carbonyl (C=O) groups excluding carboxylic acids is 2. The van der Waals surface area contributed by atoms with Gasteiger partial charge in [0, 0.05) is 10.0 Å². The summed E-state index contributed by atoms with van der Waals surface area (Å²) in [6, 6.07) is 6.80. The minimum absolute atomic E-state index is 0.0151. The third-order valence-electron chi connectivity index (χ3n) is 3.55. The molecule has 1 aliphatic rings. The number of amides is 3. The SMILES string of the molecule is CCC(O)CN1C(=O)NC(C)(c2ccccc2Br)C1=O. The minimum Gasteiger partial charge on any atom is -0.391 e. The molecule has 5 nitrogen and oxygen atoms in total. The lowest BCUT2D eigenvalue weighted by Crippen LogP contribution is -2.42. The predicted molar refractivity (Wildman–Crippen MR) is 78.0 cm³/mol. The molecule has 1 aromatic rings. The molecule has 2 rings (SSSR count). The number of halogens is 1. The molecule has 0 bridgehead atoms. The fourth-order valence-electron chi connectivity index (χ4n) is 2.25. The predicted octanol–water partition coefficient (Wildman–Crippen LogP) is 1.99. The number of nitrogens with one attached hydrogen (secondary N) is 1. The highest BCUT2D eigenvalue weighted by Gasteiger charge is 2.49. The zero-order valence-corrected chi connectivity index (χ0v) is 13.0. The summed E-state index contributed by atoms with van der Waals surface area (Å²) in [5.74, 6) is -0.345. The Labute approximate surface area is 126 Å². The highest BCUT2D eigenvalue weighted by Crippen LogP contribution is 2.33. The Balaban J connectivity index is 2.33. The van der Waals surface area contributed by atoms with E-state index >= 15 is 0 Å². The first-order valence-electron chi connectivity index (χ1n) is 6.47. The lowest BCUT2D eigenvalue weighted by molar-refractivity contribution is -0.132. The van der Waals surface area contributed by atoms with Crippen LogP contribution in [0.2, 0.25) is 0 Å². The van der Waals surface area contributed by atoms with Crippen LogP contribution in [-0.2, 0) is 10.3 Å². The number of urea groups is 1. The van der Waals surface area contributed by atoms with Gasteiger partial charge in [0.25, 0.3) is 5.91 Å². The molecule has 1 fully saturated rings. The quantitative estimate of drug-likeness (QED) is 0.823. The number of imide groups is 1. The number of aliphatic hydroxyl groups is 1. The largest absolute Gasteiger partial charge is 0.391 e. The zero-order chi connectivity index (χ0) is 14.9. The standard InChI is InChI=1S/C14H17BrN2O3/c1-3-9(18)8-17-12(19)14(2,16-13(17)20)10-6-4-5-7-11(10)15/h4-7,9,18H,3,8H2,1-2H3,(H,16,20). The van der Waals surface area contributed by atoms with Crippen molar-refractivity contribution in [2.45, 2.75) is 31.9 Å². The maximum absolute atomic E-state index is 12.6. The first kappa shape index (κ1) is 15.0. The lowest BCUT2D eigenvalue weighted by atomic mass is 9.92. The molecule has 3 amide bonds. The van der Waals surface area contributed by atoms with E-state index in [0.717, 1.165) is 9.37 Å². The van der Waals surface area contributed by atoms with Crippen LogP contribution in [0.3, 0.4) is 0 Å². The number of benzene rings is 1. The first-order chi connectivity index (χ1) is 9.40. The van der Waals surface area contributed by atoms with Crippen molar-refractivity contribution < 1.29 is 14.7 Å². The Kier molecular flexibility index (Phi) is 4.15. The third-order valence-corrected chi connectivity index (χ3v) is 4.24. The fraction of sp³-hybridized carbons (Fsp3) is 0.429. The Hall–Kier alpha value is -1.40. The van der Waals surface area contributed by atoms with Gasteiger partial charge >= 0.3 is 6.03 Å². The molecular weight excluding hydrogens is 324 g/mol. The van der Waals surface area contributed by atoms with Crippen LogP contribution in [-0.4, -0.2) is 34.6 Å². The Morgan fingerprint density at radius 3 is 2.65 bits per heavy atom. The van der Waals surface area contributed by atoms with Crippen LogP contribution in [0.25, 0.3) is 0 Å². The summed E-state index contributed by atoms with van der Waals surface area (Å²) in [5.41, 5.74) is -0.406. The number of hydrogen-bond donors (Lipinski definition) is 2. The Bertz CT molecular complexity index is 549. The molecule has 1 heterocycles. The van der Waals surface area contributed by atoms with Crippen molar-refractivity contribution in [3.63, 3.8) is 0 Å². The maximum Gasteiger partial charge on any atom is 0.325 e. The molecule has 1 aliphatic heterocycles. The first-order valence-corrected chi connectivity index (χ1v) is 7.26. The van der Waals surface area contributed by atoms with Crippen LogP contribution < -0.4 is 5.32 Å². The average Bonchev–Trinajstić information content (AvgIpc) is 2.63. The number of β-amino-alcohol motifs (C(OH)–C–C–N with tert-alkyl or cyclic N) is 1. The van der Waals surface area contributed by atoms with Crippen LogP contribution >= 0.6 is 15.9 Å². The van der Waals surface area contributed by atoms with E-state index in [1.807, 2.05) is 18.2 Å². The third kappa shape index (κ3) is 2.45. The molecule has 1 saturated heterocycles. The van der Waals surface area contributed by atoms with E-state index in [1.165, 1.54) is 0 Å². The molecule has 0 spiro atoms. The summed E-state index contributed by atoms with van der Waals surface area (Å²) in [6.45, 7) is 3.49. The molecule has 0 aliphatic carbocycles. The summed E-state index contributed by atoms with van der Waals surface area (Å²) in [5, 5.41) is 12.4. The van der Waals surface area contributed by atoms with Crippen LogP contribution in [0.1, 0.15) is 25.8 Å². The monoisotopic (exact) mass is 340 g/mol. The van der Waals surface area contributed by atoms with E-state index in [1.54, 1.807) is 19.9 Å². The number of hydrogen-bond acceptors (Lipinski definition) is 3. The van der Waals surface area contributed by atoms with Crippen molar-refractivity contribution in [2.75, 3.05) is 6.54 Å². The zero-order valence-electron chi connectivity index (χ0n) is 11.4. The fourth-order valence-corrected chi connectivity index (χ4v) is 2.93. The van der Waals surface area contributed by atoms with Crippen molar-refractivity contribution in [1.29, 1.82) is 0 Å². The topological polar surface area (TPSA) is 69.6 Å². The average molecular weight is 341 g/mol. The second kappa shape index (κ2) is 5.54. The molecule has 108 valence electrons. The van der Waals surface area contributed by atoms with Gasteiger partial charge in [-0.05, 0) is 19.4 Å². The van der Waals surface area contributed by atoms with Crippen LogP contribution in [0.4, 0.5) is 4.79 Å². The van der Waals surface area contributed by atoms with E-state index in [0.29, 0.717) is 12.0 Å². The molecule has 0 saturated carbocycles. The van der Waals surface area contributed by atoms with E-state index in [-0.39, 0.29) is 12.5 Å². The van der Waals surface area contributed by atoms with Gasteiger partial charge in [-0.1, -0.05) is 41.1 Å². The molecule has 2 atom stereocenters.